The molecule has 0 spiro atoms. The number of hydrogen-bond acceptors (Lipinski definition) is 3. The first kappa shape index (κ1) is 27.3. The number of unbranched alkanes of at least 4 members (excludes halogenated alkanes) is 10. The first-order valence-corrected chi connectivity index (χ1v) is 13.4. The highest BCUT2D eigenvalue weighted by atomic mass is 19.1. The standard InChI is InChI=1S/C29H45FN2O/c1-3-5-6-15-22-33-28-23-31-29(32-24-28)26-20-18-25(19-21-26)16-13-11-9-7-8-10-12-14-17-27(30)4-2/h18-21,23-24,27H,3-17,22H2,1-2H3. The van der Waals surface area contributed by atoms with E-state index in [1.807, 2.05) is 6.92 Å². The molecule has 4 heteroatoms. The molecule has 0 saturated heterocycles. The van der Waals surface area contributed by atoms with E-state index < -0.39 is 6.17 Å². The van der Waals surface area contributed by atoms with Crippen molar-refractivity contribution in [2.75, 3.05) is 6.61 Å². The third-order valence-corrected chi connectivity index (χ3v) is 6.28. The number of benzene rings is 1. The Labute approximate surface area is 201 Å². The van der Waals surface area contributed by atoms with Gasteiger partial charge in [-0.15, -0.1) is 0 Å². The highest BCUT2D eigenvalue weighted by Crippen LogP contribution is 2.19. The van der Waals surface area contributed by atoms with Crippen molar-refractivity contribution in [1.82, 2.24) is 9.97 Å². The molecule has 0 aliphatic rings. The van der Waals surface area contributed by atoms with Crippen LogP contribution in [0.4, 0.5) is 4.39 Å². The Morgan fingerprint density at radius 2 is 1.36 bits per heavy atom. The van der Waals surface area contributed by atoms with Crippen LogP contribution in [0.25, 0.3) is 11.4 Å². The summed E-state index contributed by atoms with van der Waals surface area (Å²) in [5, 5.41) is 0. The number of halogens is 1. The van der Waals surface area contributed by atoms with Crippen LogP contribution in [0, 0.1) is 0 Å². The van der Waals surface area contributed by atoms with Gasteiger partial charge in [0.2, 0.25) is 0 Å². The fourth-order valence-electron chi connectivity index (χ4n) is 4.04. The Balaban J connectivity index is 1.56. The van der Waals surface area contributed by atoms with E-state index in [0.29, 0.717) is 6.42 Å². The van der Waals surface area contributed by atoms with Crippen molar-refractivity contribution in [3.05, 3.63) is 42.2 Å². The van der Waals surface area contributed by atoms with E-state index in [4.69, 9.17) is 4.74 Å². The van der Waals surface area contributed by atoms with Crippen LogP contribution in [0.1, 0.15) is 109 Å². The smallest absolute Gasteiger partial charge is 0.159 e. The fourth-order valence-corrected chi connectivity index (χ4v) is 4.04. The van der Waals surface area contributed by atoms with Gasteiger partial charge in [-0.1, -0.05) is 102 Å². The van der Waals surface area contributed by atoms with Gasteiger partial charge < -0.3 is 4.74 Å². The number of rotatable bonds is 19. The van der Waals surface area contributed by atoms with E-state index in [-0.39, 0.29) is 0 Å². The zero-order valence-corrected chi connectivity index (χ0v) is 21.0. The van der Waals surface area contributed by atoms with Crippen LogP contribution in [0.15, 0.2) is 36.7 Å². The lowest BCUT2D eigenvalue weighted by Crippen LogP contribution is -1.99. The van der Waals surface area contributed by atoms with Crippen LogP contribution in [0.3, 0.4) is 0 Å². The maximum Gasteiger partial charge on any atom is 0.159 e. The summed E-state index contributed by atoms with van der Waals surface area (Å²) < 4.78 is 18.9. The highest BCUT2D eigenvalue weighted by molar-refractivity contribution is 5.55. The molecule has 1 heterocycles. The summed E-state index contributed by atoms with van der Waals surface area (Å²) in [6.07, 6.45) is 20.2. The van der Waals surface area contributed by atoms with Crippen molar-refractivity contribution in [2.24, 2.45) is 0 Å². The van der Waals surface area contributed by atoms with E-state index in [1.54, 1.807) is 12.4 Å². The first-order chi connectivity index (χ1) is 16.2. The molecule has 1 unspecified atom stereocenters. The molecule has 0 aliphatic heterocycles. The third kappa shape index (κ3) is 12.2. The summed E-state index contributed by atoms with van der Waals surface area (Å²) in [6, 6.07) is 8.64. The molecule has 0 aliphatic carbocycles. The van der Waals surface area contributed by atoms with Gasteiger partial charge in [-0.2, -0.15) is 0 Å². The van der Waals surface area contributed by atoms with Gasteiger partial charge in [0.1, 0.15) is 0 Å². The monoisotopic (exact) mass is 456 g/mol. The predicted octanol–water partition coefficient (Wildman–Crippen LogP) is 8.90. The quantitative estimate of drug-likeness (QED) is 0.198. The van der Waals surface area contributed by atoms with Crippen molar-refractivity contribution in [2.45, 2.75) is 116 Å². The van der Waals surface area contributed by atoms with Gasteiger partial charge in [-0.25, -0.2) is 14.4 Å². The van der Waals surface area contributed by atoms with Crippen LogP contribution in [0.5, 0.6) is 5.75 Å². The molecule has 0 bridgehead atoms. The summed E-state index contributed by atoms with van der Waals surface area (Å²) in [6.45, 7) is 4.88. The van der Waals surface area contributed by atoms with Gasteiger partial charge in [0.15, 0.2) is 11.6 Å². The SMILES string of the molecule is CCCCCCOc1cnc(-c2ccc(CCCCCCCCCCC(F)CC)cc2)nc1. The number of alkyl halides is 1. The Kier molecular flexibility index (Phi) is 14.5. The molecule has 1 aromatic carbocycles. The van der Waals surface area contributed by atoms with Gasteiger partial charge in [0, 0.05) is 5.56 Å². The maximum atomic E-state index is 13.2. The van der Waals surface area contributed by atoms with Crippen molar-refractivity contribution >= 4 is 0 Å². The van der Waals surface area contributed by atoms with Crippen LogP contribution >= 0.6 is 0 Å². The molecule has 2 rings (SSSR count). The van der Waals surface area contributed by atoms with Gasteiger partial charge in [-0.05, 0) is 37.7 Å². The Morgan fingerprint density at radius 3 is 2.00 bits per heavy atom. The fraction of sp³-hybridized carbons (Fsp3) is 0.655. The lowest BCUT2D eigenvalue weighted by molar-refractivity contribution is 0.296. The van der Waals surface area contributed by atoms with E-state index in [0.717, 1.165) is 49.4 Å². The normalized spacial score (nSPS) is 12.1. The lowest BCUT2D eigenvalue weighted by Gasteiger charge is -2.07. The number of aromatic nitrogens is 2. The summed E-state index contributed by atoms with van der Waals surface area (Å²) in [4.78, 5) is 8.95. The van der Waals surface area contributed by atoms with Crippen LogP contribution in [-0.2, 0) is 6.42 Å². The molecule has 0 N–H and O–H groups in total. The molecule has 2 aromatic rings. The molecule has 33 heavy (non-hydrogen) atoms. The Bertz CT molecular complexity index is 717. The molecule has 0 amide bonds. The van der Waals surface area contributed by atoms with E-state index in [9.17, 15) is 4.39 Å². The molecule has 3 nitrogen and oxygen atoms in total. The van der Waals surface area contributed by atoms with E-state index in [2.05, 4.69) is 41.2 Å². The van der Waals surface area contributed by atoms with E-state index >= 15 is 0 Å². The number of nitrogens with zero attached hydrogens (tertiary/aromatic N) is 2. The topological polar surface area (TPSA) is 35.0 Å². The zero-order valence-electron chi connectivity index (χ0n) is 21.0. The van der Waals surface area contributed by atoms with Crippen LogP contribution in [-0.4, -0.2) is 22.7 Å². The van der Waals surface area contributed by atoms with Gasteiger partial charge >= 0.3 is 0 Å². The number of aryl methyl sites for hydroxylation is 1. The average molecular weight is 457 g/mol. The molecular weight excluding hydrogens is 411 g/mol. The second-order valence-corrected chi connectivity index (χ2v) is 9.22. The lowest BCUT2D eigenvalue weighted by atomic mass is 10.0. The van der Waals surface area contributed by atoms with Crippen molar-refractivity contribution in [3.63, 3.8) is 0 Å². The summed E-state index contributed by atoms with van der Waals surface area (Å²) in [7, 11) is 0. The molecule has 1 aromatic heterocycles. The molecule has 0 fully saturated rings. The number of hydrogen-bond donors (Lipinski definition) is 0. The zero-order chi connectivity index (χ0) is 23.6. The minimum atomic E-state index is -0.586. The minimum absolute atomic E-state index is 0.586. The summed E-state index contributed by atoms with van der Waals surface area (Å²) in [5.41, 5.74) is 2.42. The molecule has 0 saturated carbocycles. The van der Waals surface area contributed by atoms with Crippen molar-refractivity contribution in [3.8, 4) is 17.1 Å². The largest absolute Gasteiger partial charge is 0.490 e. The van der Waals surface area contributed by atoms with Gasteiger partial charge in [-0.3, -0.25) is 0 Å². The third-order valence-electron chi connectivity index (χ3n) is 6.28. The minimum Gasteiger partial charge on any atom is -0.490 e. The summed E-state index contributed by atoms with van der Waals surface area (Å²) in [5.74, 6) is 1.49. The predicted molar refractivity (Wildman–Crippen MR) is 138 cm³/mol. The second-order valence-electron chi connectivity index (χ2n) is 9.22. The molecule has 0 radical (unpaired) electrons. The molecule has 184 valence electrons. The van der Waals surface area contributed by atoms with Crippen LogP contribution in [0.2, 0.25) is 0 Å². The molecular formula is C29H45FN2O. The highest BCUT2D eigenvalue weighted by Gasteiger charge is 2.04. The second kappa shape index (κ2) is 17.5. The average Bonchev–Trinajstić information content (AvgIpc) is 2.85. The van der Waals surface area contributed by atoms with E-state index in [1.165, 1.54) is 69.8 Å². The first-order valence-electron chi connectivity index (χ1n) is 13.4. The van der Waals surface area contributed by atoms with Crippen molar-refractivity contribution < 1.29 is 9.13 Å². The number of ether oxygens (including phenoxy) is 1. The van der Waals surface area contributed by atoms with Crippen molar-refractivity contribution in [1.29, 1.82) is 0 Å². The van der Waals surface area contributed by atoms with Gasteiger partial charge in [0.05, 0.1) is 25.2 Å². The maximum absolute atomic E-state index is 13.2. The summed E-state index contributed by atoms with van der Waals surface area (Å²) >= 11 is 0. The Morgan fingerprint density at radius 1 is 0.758 bits per heavy atom. The van der Waals surface area contributed by atoms with Gasteiger partial charge in [0.25, 0.3) is 0 Å². The molecule has 1 atom stereocenters. The Hall–Kier alpha value is -1.97. The van der Waals surface area contributed by atoms with Crippen LogP contribution < -0.4 is 4.74 Å².